The lowest BCUT2D eigenvalue weighted by atomic mass is 10.3. The number of carbonyl (C=O) groups excluding carboxylic acids is 1. The molecule has 0 atom stereocenters. The van der Waals surface area contributed by atoms with Gasteiger partial charge in [-0.2, -0.15) is 0 Å². The minimum atomic E-state index is -0.527. The van der Waals surface area contributed by atoms with E-state index in [4.69, 9.17) is 11.5 Å². The Labute approximate surface area is 56.3 Å². The topological polar surface area (TPSA) is 66.9 Å². The fourth-order valence-electron chi connectivity index (χ4n) is 0.503. The Kier molecular flexibility index (Phi) is 1.40. The van der Waals surface area contributed by atoms with Gasteiger partial charge in [-0.05, 0) is 11.4 Å². The summed E-state index contributed by atoms with van der Waals surface area (Å²) in [7, 11) is 0. The van der Waals surface area contributed by atoms with Crippen molar-refractivity contribution < 1.29 is 4.79 Å². The number of rotatable bonds is 1. The van der Waals surface area contributed by atoms with Crippen LogP contribution in [0.3, 0.4) is 0 Å². The number of hydrogen-bond donors (Lipinski definition) is 1. The molecule has 0 saturated carbocycles. The van der Waals surface area contributed by atoms with Crippen molar-refractivity contribution in [3.8, 4) is 0 Å². The van der Waals surface area contributed by atoms with Crippen molar-refractivity contribution in [3.63, 3.8) is 0 Å². The Bertz CT molecular complexity index is 231. The second-order valence-corrected chi connectivity index (χ2v) is 2.44. The quantitative estimate of drug-likeness (QED) is 0.616. The molecule has 9 heavy (non-hydrogen) atoms. The molecule has 47 valence electrons. The molecule has 0 unspecified atom stereocenters. The second kappa shape index (κ2) is 2.06. The van der Waals surface area contributed by atoms with Crippen LogP contribution in [0.1, 0.15) is 10.4 Å². The summed E-state index contributed by atoms with van der Waals surface area (Å²) in [6.07, 6.45) is 0. The maximum Gasteiger partial charge on any atom is 0.251 e. The summed E-state index contributed by atoms with van der Waals surface area (Å²) >= 11 is 1.20. The highest BCUT2D eigenvalue weighted by Gasteiger charge is 2.04. The molecule has 1 heterocycles. The first-order chi connectivity index (χ1) is 4.22. The molecule has 1 amide bonds. The van der Waals surface area contributed by atoms with Crippen LogP contribution >= 0.6 is 11.3 Å². The third kappa shape index (κ3) is 1.02. The molecule has 3 nitrogen and oxygen atoms in total. The van der Waals surface area contributed by atoms with Crippen LogP contribution in [0, 0.1) is 0 Å². The summed E-state index contributed by atoms with van der Waals surface area (Å²) in [5.74, 6) is -0.527. The molecular formula is C5H5N2OS. The number of amides is 1. The zero-order valence-electron chi connectivity index (χ0n) is 4.55. The first-order valence-corrected chi connectivity index (χ1v) is 3.18. The van der Waals surface area contributed by atoms with E-state index in [0.717, 1.165) is 0 Å². The molecule has 1 aromatic rings. The van der Waals surface area contributed by atoms with E-state index in [2.05, 4.69) is 0 Å². The minimum absolute atomic E-state index is 0.238. The monoisotopic (exact) mass is 141 g/mol. The minimum Gasteiger partial charge on any atom is -0.366 e. The lowest BCUT2D eigenvalue weighted by Gasteiger charge is -1.86. The van der Waals surface area contributed by atoms with Crippen LogP contribution in [0.5, 0.6) is 0 Å². The Morgan fingerprint density at radius 2 is 2.44 bits per heavy atom. The predicted octanol–water partition coefficient (Wildman–Crippen LogP) is 0.761. The van der Waals surface area contributed by atoms with Gasteiger partial charge in [0.1, 0.15) is 5.00 Å². The van der Waals surface area contributed by atoms with E-state index < -0.39 is 5.91 Å². The SMILES string of the molecule is [NH]c1sccc1C(N)=O. The highest BCUT2D eigenvalue weighted by Crippen LogP contribution is 2.19. The Hall–Kier alpha value is -1.03. The average molecular weight is 141 g/mol. The zero-order valence-corrected chi connectivity index (χ0v) is 5.37. The predicted molar refractivity (Wildman–Crippen MR) is 35.6 cm³/mol. The summed E-state index contributed by atoms with van der Waals surface area (Å²) in [6.45, 7) is 0. The first kappa shape index (κ1) is 6.10. The number of carbonyl (C=O) groups is 1. The largest absolute Gasteiger partial charge is 0.366 e. The molecule has 0 aliphatic heterocycles. The van der Waals surface area contributed by atoms with Crippen LogP contribution in [0.4, 0.5) is 5.00 Å². The van der Waals surface area contributed by atoms with Crippen LogP contribution in [-0.2, 0) is 0 Å². The number of primary amides is 1. The van der Waals surface area contributed by atoms with Gasteiger partial charge in [-0.1, -0.05) is 0 Å². The Morgan fingerprint density at radius 3 is 2.67 bits per heavy atom. The third-order valence-electron chi connectivity index (χ3n) is 0.931. The molecule has 0 saturated heterocycles. The van der Waals surface area contributed by atoms with Crippen molar-refractivity contribution in [2.45, 2.75) is 0 Å². The van der Waals surface area contributed by atoms with Gasteiger partial charge in [0.05, 0.1) is 5.56 Å². The van der Waals surface area contributed by atoms with E-state index in [9.17, 15) is 4.79 Å². The number of nitrogens with one attached hydrogen (secondary N) is 1. The standard InChI is InChI=1S/C5H5N2OS/c6-4(8)3-1-2-9-5(3)7/h1-2,7H,(H2,6,8). The fraction of sp³-hybridized carbons (Fsp3) is 0. The lowest BCUT2D eigenvalue weighted by Crippen LogP contribution is -2.09. The van der Waals surface area contributed by atoms with Gasteiger partial charge in [-0.15, -0.1) is 11.3 Å². The molecule has 0 spiro atoms. The zero-order chi connectivity index (χ0) is 6.85. The Balaban J connectivity index is 3.08. The average Bonchev–Trinajstić information content (AvgIpc) is 2.13. The molecule has 1 radical (unpaired) electrons. The summed E-state index contributed by atoms with van der Waals surface area (Å²) < 4.78 is 0. The van der Waals surface area contributed by atoms with E-state index in [1.54, 1.807) is 11.4 Å². The molecule has 0 aromatic carbocycles. The molecule has 0 fully saturated rings. The van der Waals surface area contributed by atoms with Gasteiger partial charge in [0.15, 0.2) is 0 Å². The van der Waals surface area contributed by atoms with Crippen LogP contribution < -0.4 is 11.5 Å². The van der Waals surface area contributed by atoms with E-state index in [1.807, 2.05) is 0 Å². The highest BCUT2D eigenvalue weighted by atomic mass is 32.1. The Morgan fingerprint density at radius 1 is 1.78 bits per heavy atom. The van der Waals surface area contributed by atoms with E-state index in [-0.39, 0.29) is 5.00 Å². The summed E-state index contributed by atoms with van der Waals surface area (Å²) in [5.41, 5.74) is 12.3. The van der Waals surface area contributed by atoms with Gasteiger partial charge in [0.25, 0.3) is 5.91 Å². The highest BCUT2D eigenvalue weighted by molar-refractivity contribution is 7.14. The van der Waals surface area contributed by atoms with Gasteiger partial charge >= 0.3 is 0 Å². The third-order valence-corrected chi connectivity index (χ3v) is 1.66. The molecule has 1 aromatic heterocycles. The molecular weight excluding hydrogens is 136 g/mol. The lowest BCUT2D eigenvalue weighted by molar-refractivity contribution is 0.100. The molecule has 0 bridgehead atoms. The van der Waals surface area contributed by atoms with Gasteiger partial charge in [-0.3, -0.25) is 10.5 Å². The van der Waals surface area contributed by atoms with E-state index in [0.29, 0.717) is 5.56 Å². The summed E-state index contributed by atoms with van der Waals surface area (Å²) in [4.78, 5) is 10.4. The van der Waals surface area contributed by atoms with Gasteiger partial charge in [0, 0.05) is 0 Å². The van der Waals surface area contributed by atoms with Crippen molar-refractivity contribution in [3.05, 3.63) is 17.0 Å². The maximum atomic E-state index is 10.4. The van der Waals surface area contributed by atoms with Gasteiger partial charge in [0.2, 0.25) is 0 Å². The number of thiophene rings is 1. The van der Waals surface area contributed by atoms with Crippen molar-refractivity contribution >= 4 is 22.2 Å². The van der Waals surface area contributed by atoms with Crippen molar-refractivity contribution in [1.82, 2.24) is 5.73 Å². The molecule has 1 rings (SSSR count). The van der Waals surface area contributed by atoms with Gasteiger partial charge < -0.3 is 5.73 Å². The second-order valence-electron chi connectivity index (χ2n) is 1.53. The molecule has 3 N–H and O–H groups in total. The normalized spacial score (nSPS) is 9.33. The maximum absolute atomic E-state index is 10.4. The summed E-state index contributed by atoms with van der Waals surface area (Å²) in [5, 5.41) is 1.91. The first-order valence-electron chi connectivity index (χ1n) is 2.30. The van der Waals surface area contributed by atoms with Gasteiger partial charge in [-0.25, -0.2) is 0 Å². The van der Waals surface area contributed by atoms with Crippen molar-refractivity contribution in [1.29, 1.82) is 0 Å². The van der Waals surface area contributed by atoms with Crippen molar-refractivity contribution in [2.75, 3.05) is 0 Å². The molecule has 0 aliphatic carbocycles. The fourth-order valence-corrected chi connectivity index (χ4v) is 1.14. The van der Waals surface area contributed by atoms with Crippen LogP contribution in [0.25, 0.3) is 0 Å². The summed E-state index contributed by atoms with van der Waals surface area (Å²) in [6, 6.07) is 1.55. The molecule has 4 heteroatoms. The number of hydrogen-bond acceptors (Lipinski definition) is 2. The van der Waals surface area contributed by atoms with E-state index in [1.165, 1.54) is 11.3 Å². The van der Waals surface area contributed by atoms with Crippen LogP contribution in [0.2, 0.25) is 0 Å². The number of nitrogens with two attached hydrogens (primary N) is 1. The van der Waals surface area contributed by atoms with Crippen LogP contribution in [0.15, 0.2) is 11.4 Å². The van der Waals surface area contributed by atoms with Crippen molar-refractivity contribution in [2.24, 2.45) is 5.73 Å². The molecule has 0 aliphatic rings. The van der Waals surface area contributed by atoms with Crippen LogP contribution in [-0.4, -0.2) is 5.91 Å². The smallest absolute Gasteiger partial charge is 0.251 e. The van der Waals surface area contributed by atoms with E-state index >= 15 is 0 Å².